The number of pyridine rings is 1. The molecule has 2 aromatic rings. The minimum Gasteiger partial charge on any atom is -0.399 e. The Morgan fingerprint density at radius 2 is 1.89 bits per heavy atom. The minimum absolute atomic E-state index is 0.812. The number of hydrogen-bond acceptors (Lipinski definition) is 3. The summed E-state index contributed by atoms with van der Waals surface area (Å²) in [5, 5.41) is 0. The van der Waals surface area contributed by atoms with Crippen LogP contribution in [-0.2, 0) is 12.2 Å². The quantitative estimate of drug-likeness (QED) is 0.653. The average molecular weight is 258 g/mol. The number of thioether (sulfide) groups is 1. The Bertz CT molecular complexity index is 494. The molecule has 94 valence electrons. The van der Waals surface area contributed by atoms with Crippen molar-refractivity contribution in [1.29, 1.82) is 0 Å². The highest BCUT2D eigenvalue weighted by Gasteiger charge is 2.02. The molecular weight excluding hydrogens is 240 g/mol. The van der Waals surface area contributed by atoms with E-state index in [-0.39, 0.29) is 0 Å². The number of nitrogens with zero attached hydrogens (tertiary/aromatic N) is 1. The summed E-state index contributed by atoms with van der Waals surface area (Å²) in [4.78, 5) is 5.47. The van der Waals surface area contributed by atoms with Crippen LogP contribution in [0.25, 0.3) is 0 Å². The normalized spacial score (nSPS) is 10.5. The van der Waals surface area contributed by atoms with Crippen molar-refractivity contribution in [1.82, 2.24) is 4.98 Å². The third kappa shape index (κ3) is 3.50. The van der Waals surface area contributed by atoms with Gasteiger partial charge in [-0.25, -0.2) is 0 Å². The molecule has 2 N–H and O–H groups in total. The smallest absolute Gasteiger partial charge is 0.0314 e. The Labute approximate surface area is 113 Å². The molecular formula is C15H18N2S. The minimum atomic E-state index is 0.812. The summed E-state index contributed by atoms with van der Waals surface area (Å²) < 4.78 is 0. The lowest BCUT2D eigenvalue weighted by Gasteiger charge is -2.07. The van der Waals surface area contributed by atoms with Gasteiger partial charge in [-0.05, 0) is 47.9 Å². The standard InChI is InChI=1S/C15H18N2S/c1-2-3-12-8-9-17-10-13(12)11-18-15-6-4-14(16)5-7-15/h4-10H,2-3,11,16H2,1H3. The molecule has 0 aliphatic carbocycles. The van der Waals surface area contributed by atoms with Crippen LogP contribution in [0.3, 0.4) is 0 Å². The lowest BCUT2D eigenvalue weighted by Crippen LogP contribution is -1.93. The fourth-order valence-electron chi connectivity index (χ4n) is 1.82. The van der Waals surface area contributed by atoms with Gasteiger partial charge in [0.2, 0.25) is 0 Å². The van der Waals surface area contributed by atoms with Gasteiger partial charge in [0, 0.05) is 28.7 Å². The summed E-state index contributed by atoms with van der Waals surface area (Å²) in [5.41, 5.74) is 9.24. The lowest BCUT2D eigenvalue weighted by molar-refractivity contribution is 0.906. The van der Waals surface area contributed by atoms with Crippen LogP contribution in [0.15, 0.2) is 47.6 Å². The Balaban J connectivity index is 2.03. The molecule has 1 heterocycles. The van der Waals surface area contributed by atoms with E-state index >= 15 is 0 Å². The molecule has 0 unspecified atom stereocenters. The second-order valence-electron chi connectivity index (χ2n) is 4.25. The molecule has 18 heavy (non-hydrogen) atoms. The van der Waals surface area contributed by atoms with E-state index in [1.807, 2.05) is 36.3 Å². The molecule has 0 bridgehead atoms. The first kappa shape index (κ1) is 13.0. The summed E-state index contributed by atoms with van der Waals surface area (Å²) >= 11 is 1.83. The van der Waals surface area contributed by atoms with Crippen LogP contribution in [0.4, 0.5) is 5.69 Å². The molecule has 0 atom stereocenters. The molecule has 0 fully saturated rings. The van der Waals surface area contributed by atoms with Crippen LogP contribution in [0, 0.1) is 0 Å². The first-order chi connectivity index (χ1) is 8.79. The van der Waals surface area contributed by atoms with Gasteiger partial charge in [0.05, 0.1) is 0 Å². The summed E-state index contributed by atoms with van der Waals surface area (Å²) in [6.45, 7) is 2.21. The fraction of sp³-hybridized carbons (Fsp3) is 0.267. The Kier molecular flexibility index (Phi) is 4.65. The highest BCUT2D eigenvalue weighted by molar-refractivity contribution is 7.98. The first-order valence-electron chi connectivity index (χ1n) is 6.19. The van der Waals surface area contributed by atoms with Crippen LogP contribution < -0.4 is 5.73 Å². The summed E-state index contributed by atoms with van der Waals surface area (Å²) in [6, 6.07) is 10.1. The van der Waals surface area contributed by atoms with Gasteiger partial charge in [0.1, 0.15) is 0 Å². The third-order valence-electron chi connectivity index (χ3n) is 2.80. The summed E-state index contributed by atoms with van der Waals surface area (Å²) in [7, 11) is 0. The summed E-state index contributed by atoms with van der Waals surface area (Å²) in [5.74, 6) is 0.965. The maximum atomic E-state index is 5.68. The molecule has 0 saturated carbocycles. The van der Waals surface area contributed by atoms with Crippen LogP contribution in [0.1, 0.15) is 24.5 Å². The molecule has 1 aromatic heterocycles. The van der Waals surface area contributed by atoms with E-state index in [0.717, 1.165) is 17.9 Å². The van der Waals surface area contributed by atoms with E-state index in [0.29, 0.717) is 0 Å². The van der Waals surface area contributed by atoms with Gasteiger partial charge >= 0.3 is 0 Å². The average Bonchev–Trinajstić information content (AvgIpc) is 2.40. The number of rotatable bonds is 5. The van der Waals surface area contributed by atoms with Crippen molar-refractivity contribution >= 4 is 17.4 Å². The number of anilines is 1. The van der Waals surface area contributed by atoms with Crippen molar-refractivity contribution in [3.05, 3.63) is 53.9 Å². The monoisotopic (exact) mass is 258 g/mol. The van der Waals surface area contributed by atoms with Crippen LogP contribution in [0.2, 0.25) is 0 Å². The Morgan fingerprint density at radius 3 is 2.61 bits per heavy atom. The molecule has 0 radical (unpaired) electrons. The van der Waals surface area contributed by atoms with Crippen LogP contribution in [-0.4, -0.2) is 4.98 Å². The molecule has 1 aromatic carbocycles. The van der Waals surface area contributed by atoms with E-state index in [9.17, 15) is 0 Å². The zero-order valence-electron chi connectivity index (χ0n) is 10.6. The van der Waals surface area contributed by atoms with Gasteiger partial charge in [-0.1, -0.05) is 13.3 Å². The number of aryl methyl sites for hydroxylation is 1. The van der Waals surface area contributed by atoms with Gasteiger partial charge in [-0.3, -0.25) is 4.98 Å². The maximum absolute atomic E-state index is 5.68. The van der Waals surface area contributed by atoms with Gasteiger partial charge in [0.15, 0.2) is 0 Å². The zero-order valence-corrected chi connectivity index (χ0v) is 11.4. The van der Waals surface area contributed by atoms with Gasteiger partial charge in [0.25, 0.3) is 0 Å². The van der Waals surface area contributed by atoms with Crippen molar-refractivity contribution in [2.75, 3.05) is 5.73 Å². The van der Waals surface area contributed by atoms with E-state index in [2.05, 4.69) is 30.1 Å². The number of hydrogen-bond donors (Lipinski definition) is 1. The van der Waals surface area contributed by atoms with Crippen LogP contribution in [0.5, 0.6) is 0 Å². The molecule has 0 aliphatic heterocycles. The van der Waals surface area contributed by atoms with Crippen molar-refractivity contribution in [2.45, 2.75) is 30.4 Å². The molecule has 0 saturated heterocycles. The lowest BCUT2D eigenvalue weighted by atomic mass is 10.1. The van der Waals surface area contributed by atoms with Crippen molar-refractivity contribution in [2.24, 2.45) is 0 Å². The maximum Gasteiger partial charge on any atom is 0.0314 e. The van der Waals surface area contributed by atoms with E-state index in [1.54, 1.807) is 0 Å². The van der Waals surface area contributed by atoms with Crippen LogP contribution >= 0.6 is 11.8 Å². The van der Waals surface area contributed by atoms with Gasteiger partial charge in [-0.2, -0.15) is 0 Å². The molecule has 0 aliphatic rings. The Hall–Kier alpha value is -1.48. The SMILES string of the molecule is CCCc1ccncc1CSc1ccc(N)cc1. The molecule has 3 heteroatoms. The molecule has 2 rings (SSSR count). The topological polar surface area (TPSA) is 38.9 Å². The number of nitrogen functional groups attached to an aromatic ring is 1. The predicted octanol–water partition coefficient (Wildman–Crippen LogP) is 3.91. The summed E-state index contributed by atoms with van der Waals surface area (Å²) in [6.07, 6.45) is 6.15. The molecule has 2 nitrogen and oxygen atoms in total. The molecule has 0 amide bonds. The molecule has 0 spiro atoms. The number of benzene rings is 1. The highest BCUT2D eigenvalue weighted by Crippen LogP contribution is 2.25. The Morgan fingerprint density at radius 1 is 1.11 bits per heavy atom. The van der Waals surface area contributed by atoms with Gasteiger partial charge in [-0.15, -0.1) is 11.8 Å². The van der Waals surface area contributed by atoms with E-state index < -0.39 is 0 Å². The van der Waals surface area contributed by atoms with E-state index in [4.69, 9.17) is 5.73 Å². The number of nitrogens with two attached hydrogens (primary N) is 1. The van der Waals surface area contributed by atoms with Crippen molar-refractivity contribution < 1.29 is 0 Å². The number of aromatic nitrogens is 1. The highest BCUT2D eigenvalue weighted by atomic mass is 32.2. The fourth-order valence-corrected chi connectivity index (χ4v) is 2.73. The largest absolute Gasteiger partial charge is 0.399 e. The third-order valence-corrected chi connectivity index (χ3v) is 3.86. The second-order valence-corrected chi connectivity index (χ2v) is 5.30. The van der Waals surface area contributed by atoms with E-state index in [1.165, 1.54) is 22.4 Å². The van der Waals surface area contributed by atoms with Gasteiger partial charge < -0.3 is 5.73 Å². The zero-order chi connectivity index (χ0) is 12.8. The van der Waals surface area contributed by atoms with Crippen molar-refractivity contribution in [3.63, 3.8) is 0 Å². The predicted molar refractivity (Wildman–Crippen MR) is 78.6 cm³/mol. The second kappa shape index (κ2) is 6.45. The van der Waals surface area contributed by atoms with Crippen molar-refractivity contribution in [3.8, 4) is 0 Å². The first-order valence-corrected chi connectivity index (χ1v) is 7.18.